The zero-order valence-electron chi connectivity index (χ0n) is 14.8. The lowest BCUT2D eigenvalue weighted by molar-refractivity contribution is -0.172. The van der Waals surface area contributed by atoms with Crippen molar-refractivity contribution in [2.75, 3.05) is 13.2 Å². The topological polar surface area (TPSA) is 94.7 Å². The van der Waals surface area contributed by atoms with Gasteiger partial charge in [0.15, 0.2) is 5.92 Å². The van der Waals surface area contributed by atoms with Crippen LogP contribution in [0.5, 0.6) is 0 Å². The van der Waals surface area contributed by atoms with Crippen LogP contribution in [0.2, 0.25) is 0 Å². The van der Waals surface area contributed by atoms with Gasteiger partial charge in [-0.15, -0.1) is 0 Å². The first-order valence-electron chi connectivity index (χ1n) is 7.90. The minimum absolute atomic E-state index is 0.0838. The maximum absolute atomic E-state index is 12.7. The summed E-state index contributed by atoms with van der Waals surface area (Å²) in [7, 11) is 0. The Morgan fingerprint density at radius 1 is 1.04 bits per heavy atom. The van der Waals surface area contributed by atoms with Crippen LogP contribution in [0.4, 0.5) is 0 Å². The van der Waals surface area contributed by atoms with E-state index in [2.05, 4.69) is 4.98 Å². The third-order valence-electron chi connectivity index (χ3n) is 3.03. The molecule has 0 amide bonds. The number of nitrogens with one attached hydrogen (secondary N) is 1. The molecule has 0 aromatic carbocycles. The molecule has 1 aromatic heterocycles. The van der Waals surface area contributed by atoms with E-state index in [9.17, 15) is 14.4 Å². The van der Waals surface area contributed by atoms with Crippen molar-refractivity contribution in [3.05, 3.63) is 24.0 Å². The van der Waals surface area contributed by atoms with Crippen molar-refractivity contribution in [3.63, 3.8) is 0 Å². The molecule has 0 fully saturated rings. The fourth-order valence-electron chi connectivity index (χ4n) is 2.18. The van der Waals surface area contributed by atoms with Gasteiger partial charge in [0, 0.05) is 11.9 Å². The highest BCUT2D eigenvalue weighted by atomic mass is 16.6. The number of carbonyl (C=O) groups excluding carboxylic acids is 3. The van der Waals surface area contributed by atoms with Crippen LogP contribution in [-0.4, -0.2) is 41.7 Å². The number of aromatic nitrogens is 1. The molecule has 0 aliphatic rings. The molecule has 1 aromatic rings. The van der Waals surface area contributed by atoms with E-state index in [1.807, 2.05) is 0 Å². The molecule has 1 rings (SSSR count). The van der Waals surface area contributed by atoms with E-state index in [4.69, 9.17) is 14.2 Å². The SMILES string of the molecule is CCOC(=O)C(C(=O)OCC)C(C(=O)OC(C)(C)C)c1ccc[nH]1. The maximum atomic E-state index is 12.7. The van der Waals surface area contributed by atoms with Crippen molar-refractivity contribution < 1.29 is 28.6 Å². The lowest BCUT2D eigenvalue weighted by Gasteiger charge is -2.26. The summed E-state index contributed by atoms with van der Waals surface area (Å²) in [4.78, 5) is 40.2. The van der Waals surface area contributed by atoms with Crippen LogP contribution < -0.4 is 0 Å². The molecule has 1 heterocycles. The summed E-state index contributed by atoms with van der Waals surface area (Å²) < 4.78 is 15.3. The number of ether oxygens (including phenoxy) is 3. The minimum atomic E-state index is -1.43. The van der Waals surface area contributed by atoms with Crippen LogP contribution in [-0.2, 0) is 28.6 Å². The summed E-state index contributed by atoms with van der Waals surface area (Å²) in [6.07, 6.45) is 1.60. The Labute approximate surface area is 141 Å². The van der Waals surface area contributed by atoms with Crippen LogP contribution in [0.25, 0.3) is 0 Å². The maximum Gasteiger partial charge on any atom is 0.321 e. The van der Waals surface area contributed by atoms with Gasteiger partial charge in [0.25, 0.3) is 0 Å². The average Bonchev–Trinajstić information content (AvgIpc) is 2.96. The van der Waals surface area contributed by atoms with Crippen LogP contribution in [0, 0.1) is 5.92 Å². The molecule has 7 heteroatoms. The third-order valence-corrected chi connectivity index (χ3v) is 3.03. The van der Waals surface area contributed by atoms with E-state index in [1.54, 1.807) is 52.9 Å². The van der Waals surface area contributed by atoms with Gasteiger partial charge in [0.05, 0.1) is 13.2 Å². The van der Waals surface area contributed by atoms with Gasteiger partial charge in [-0.05, 0) is 46.8 Å². The molecule has 0 bridgehead atoms. The molecule has 1 N–H and O–H groups in total. The summed E-state index contributed by atoms with van der Waals surface area (Å²) in [6.45, 7) is 8.54. The second-order valence-corrected chi connectivity index (χ2v) is 6.12. The Morgan fingerprint density at radius 2 is 1.58 bits per heavy atom. The first kappa shape index (κ1) is 19.7. The second-order valence-electron chi connectivity index (χ2n) is 6.12. The van der Waals surface area contributed by atoms with Crippen LogP contribution in [0.1, 0.15) is 46.2 Å². The van der Waals surface area contributed by atoms with Gasteiger partial charge < -0.3 is 19.2 Å². The summed E-state index contributed by atoms with van der Waals surface area (Å²) in [5.74, 6) is -4.94. The van der Waals surface area contributed by atoms with Gasteiger partial charge in [-0.1, -0.05) is 0 Å². The Bertz CT molecular complexity index is 540. The molecule has 0 saturated carbocycles. The summed E-state index contributed by atoms with van der Waals surface area (Å²) in [5.41, 5.74) is -0.383. The van der Waals surface area contributed by atoms with Crippen molar-refractivity contribution in [3.8, 4) is 0 Å². The second kappa shape index (κ2) is 8.52. The minimum Gasteiger partial charge on any atom is -0.465 e. The molecule has 0 radical (unpaired) electrons. The Balaban J connectivity index is 3.27. The molecule has 0 spiro atoms. The predicted octanol–water partition coefficient (Wildman–Crippen LogP) is 2.18. The van der Waals surface area contributed by atoms with Crippen molar-refractivity contribution in [2.45, 2.75) is 46.1 Å². The Morgan fingerprint density at radius 3 is 1.96 bits per heavy atom. The number of rotatable bonds is 7. The van der Waals surface area contributed by atoms with E-state index in [1.165, 1.54) is 0 Å². The Kier molecular flexibility index (Phi) is 7.00. The van der Waals surface area contributed by atoms with Gasteiger partial charge in [-0.25, -0.2) is 0 Å². The molecule has 0 aliphatic heterocycles. The molecule has 0 aliphatic carbocycles. The lowest BCUT2D eigenvalue weighted by Crippen LogP contribution is -2.40. The lowest BCUT2D eigenvalue weighted by atomic mass is 9.89. The molecular weight excluding hydrogens is 314 g/mol. The van der Waals surface area contributed by atoms with Gasteiger partial charge in [-0.3, -0.25) is 14.4 Å². The quantitative estimate of drug-likeness (QED) is 0.465. The van der Waals surface area contributed by atoms with Crippen LogP contribution >= 0.6 is 0 Å². The summed E-state index contributed by atoms with van der Waals surface area (Å²) >= 11 is 0. The molecule has 1 atom stereocenters. The van der Waals surface area contributed by atoms with Crippen molar-refractivity contribution in [1.29, 1.82) is 0 Å². The average molecular weight is 339 g/mol. The Hall–Kier alpha value is -2.31. The largest absolute Gasteiger partial charge is 0.465 e. The highest BCUT2D eigenvalue weighted by Crippen LogP contribution is 2.29. The number of esters is 3. The smallest absolute Gasteiger partial charge is 0.321 e. The first-order valence-corrected chi connectivity index (χ1v) is 7.90. The normalized spacial score (nSPS) is 12.6. The number of hydrogen-bond donors (Lipinski definition) is 1. The van der Waals surface area contributed by atoms with Crippen LogP contribution in [0.3, 0.4) is 0 Å². The van der Waals surface area contributed by atoms with Crippen molar-refractivity contribution in [1.82, 2.24) is 4.98 Å². The van der Waals surface area contributed by atoms with Crippen molar-refractivity contribution >= 4 is 17.9 Å². The number of carbonyl (C=O) groups is 3. The summed E-state index contributed by atoms with van der Waals surface area (Å²) in [6, 6.07) is 3.28. The fourth-order valence-corrected chi connectivity index (χ4v) is 2.18. The third kappa shape index (κ3) is 5.40. The highest BCUT2D eigenvalue weighted by Gasteiger charge is 2.45. The molecule has 24 heavy (non-hydrogen) atoms. The van der Waals surface area contributed by atoms with Gasteiger partial charge in [0.1, 0.15) is 11.5 Å². The summed E-state index contributed by atoms with van der Waals surface area (Å²) in [5, 5.41) is 0. The molecule has 134 valence electrons. The number of H-pyrrole nitrogens is 1. The monoisotopic (exact) mass is 339 g/mol. The van der Waals surface area contributed by atoms with E-state index in [-0.39, 0.29) is 13.2 Å². The van der Waals surface area contributed by atoms with E-state index < -0.39 is 35.3 Å². The molecular formula is C17H25NO6. The first-order chi connectivity index (χ1) is 11.2. The van der Waals surface area contributed by atoms with E-state index in [0.29, 0.717) is 5.69 Å². The molecule has 1 unspecified atom stereocenters. The van der Waals surface area contributed by atoms with Gasteiger partial charge >= 0.3 is 17.9 Å². The van der Waals surface area contributed by atoms with Crippen LogP contribution in [0.15, 0.2) is 18.3 Å². The van der Waals surface area contributed by atoms with E-state index in [0.717, 1.165) is 0 Å². The highest BCUT2D eigenvalue weighted by molar-refractivity contribution is 6.01. The fraction of sp³-hybridized carbons (Fsp3) is 0.588. The van der Waals surface area contributed by atoms with Crippen molar-refractivity contribution in [2.24, 2.45) is 5.92 Å². The molecule has 0 saturated heterocycles. The van der Waals surface area contributed by atoms with Gasteiger partial charge in [-0.2, -0.15) is 0 Å². The number of hydrogen-bond acceptors (Lipinski definition) is 6. The predicted molar refractivity (Wildman–Crippen MR) is 86.1 cm³/mol. The zero-order chi connectivity index (χ0) is 18.3. The van der Waals surface area contributed by atoms with E-state index >= 15 is 0 Å². The standard InChI is InChI=1S/C17H25NO6/c1-6-22-14(19)13(15(20)23-7-2)12(11-9-8-10-18-11)16(21)24-17(3,4)5/h8-10,12-13,18H,6-7H2,1-5H3. The molecule has 7 nitrogen and oxygen atoms in total. The number of aromatic amines is 1. The zero-order valence-corrected chi connectivity index (χ0v) is 14.8. The van der Waals surface area contributed by atoms with Gasteiger partial charge in [0.2, 0.25) is 0 Å².